The highest BCUT2D eigenvalue weighted by Gasteiger charge is 2.17. The second-order valence-corrected chi connectivity index (χ2v) is 4.64. The highest BCUT2D eigenvalue weighted by atomic mass is 79.9. The molecular weight excluding hydrogens is 312 g/mol. The van der Waals surface area contributed by atoms with Crippen molar-refractivity contribution in [1.82, 2.24) is 10.4 Å². The number of aryl methyl sites for hydroxylation is 1. The third-order valence-corrected chi connectivity index (χ3v) is 2.70. The Morgan fingerprint density at radius 3 is 2.47 bits per heavy atom. The lowest BCUT2D eigenvalue weighted by molar-refractivity contribution is 0.0676. The Hall–Kier alpha value is -1.56. The summed E-state index contributed by atoms with van der Waals surface area (Å²) < 4.78 is 4.86. The summed E-state index contributed by atoms with van der Waals surface area (Å²) >= 11 is 3.22. The molecule has 0 heterocycles. The van der Waals surface area contributed by atoms with Crippen LogP contribution in [-0.2, 0) is 4.74 Å². The van der Waals surface area contributed by atoms with E-state index < -0.39 is 6.09 Å². The molecule has 1 rings (SSSR count). The van der Waals surface area contributed by atoms with Gasteiger partial charge in [-0.15, -0.1) is 0 Å². The number of amides is 2. The molecule has 0 saturated heterocycles. The zero-order valence-electron chi connectivity index (χ0n) is 11.0. The number of hydrogen-bond donors (Lipinski definition) is 1. The van der Waals surface area contributed by atoms with Gasteiger partial charge in [0.1, 0.15) is 0 Å². The molecule has 5 nitrogen and oxygen atoms in total. The van der Waals surface area contributed by atoms with Crippen molar-refractivity contribution >= 4 is 27.9 Å². The van der Waals surface area contributed by atoms with E-state index in [0.717, 1.165) is 10.6 Å². The van der Waals surface area contributed by atoms with Crippen LogP contribution in [0.4, 0.5) is 4.79 Å². The van der Waals surface area contributed by atoms with E-state index in [1.54, 1.807) is 19.1 Å². The molecule has 6 heteroatoms. The maximum atomic E-state index is 12.0. The van der Waals surface area contributed by atoms with Gasteiger partial charge in [-0.05, 0) is 26.0 Å². The number of ether oxygens (including phenoxy) is 1. The number of carbonyl (C=O) groups excluding carboxylic acids is 2. The van der Waals surface area contributed by atoms with Crippen LogP contribution in [0.1, 0.15) is 22.8 Å². The summed E-state index contributed by atoms with van der Waals surface area (Å²) in [7, 11) is 0. The minimum absolute atomic E-state index is 0.262. The molecule has 0 bridgehead atoms. The first-order chi connectivity index (χ1) is 9.08. The fourth-order valence-corrected chi connectivity index (χ4v) is 1.73. The Balaban J connectivity index is 2.70. The predicted octanol–water partition coefficient (Wildman–Crippen LogP) is 2.49. The van der Waals surface area contributed by atoms with Crippen LogP contribution in [0.2, 0.25) is 0 Å². The maximum absolute atomic E-state index is 12.0. The topological polar surface area (TPSA) is 58.6 Å². The van der Waals surface area contributed by atoms with Gasteiger partial charge in [0.05, 0.1) is 13.2 Å². The van der Waals surface area contributed by atoms with Gasteiger partial charge < -0.3 is 4.74 Å². The molecular formula is C13H17BrN2O3. The van der Waals surface area contributed by atoms with Gasteiger partial charge in [0.2, 0.25) is 0 Å². The molecule has 0 fully saturated rings. The van der Waals surface area contributed by atoms with E-state index in [1.807, 2.05) is 19.1 Å². The van der Waals surface area contributed by atoms with Gasteiger partial charge >= 0.3 is 6.09 Å². The predicted molar refractivity (Wildman–Crippen MR) is 76.2 cm³/mol. The fraction of sp³-hybridized carbons (Fsp3) is 0.385. The number of halogens is 1. The third kappa shape index (κ3) is 4.90. The van der Waals surface area contributed by atoms with Gasteiger partial charge in [0.15, 0.2) is 0 Å². The van der Waals surface area contributed by atoms with Crippen LogP contribution in [0.5, 0.6) is 0 Å². The van der Waals surface area contributed by atoms with E-state index in [0.29, 0.717) is 17.4 Å². The SMILES string of the molecule is CCOC(=O)N(CCBr)NC(=O)c1ccc(C)cc1. The fourth-order valence-electron chi connectivity index (χ4n) is 1.37. The Morgan fingerprint density at radius 1 is 1.32 bits per heavy atom. The Bertz CT molecular complexity index is 434. The highest BCUT2D eigenvalue weighted by molar-refractivity contribution is 9.09. The monoisotopic (exact) mass is 328 g/mol. The van der Waals surface area contributed by atoms with Crippen LogP contribution >= 0.6 is 15.9 Å². The number of hydrazine groups is 1. The number of benzene rings is 1. The minimum atomic E-state index is -0.567. The molecule has 2 amide bonds. The zero-order valence-corrected chi connectivity index (χ0v) is 12.6. The van der Waals surface area contributed by atoms with Crippen LogP contribution in [0.15, 0.2) is 24.3 Å². The average molecular weight is 329 g/mol. The quantitative estimate of drug-likeness (QED) is 0.682. The molecule has 0 radical (unpaired) electrons. The molecule has 0 aliphatic carbocycles. The summed E-state index contributed by atoms with van der Waals surface area (Å²) in [5.74, 6) is -0.339. The second kappa shape index (κ2) is 7.78. The molecule has 0 aliphatic rings. The molecule has 1 aromatic carbocycles. The first-order valence-electron chi connectivity index (χ1n) is 5.96. The number of hydrogen-bond acceptors (Lipinski definition) is 3. The van der Waals surface area contributed by atoms with Gasteiger partial charge in [0, 0.05) is 10.9 Å². The molecule has 0 saturated carbocycles. The Labute approximate surface area is 121 Å². The second-order valence-electron chi connectivity index (χ2n) is 3.85. The lowest BCUT2D eigenvalue weighted by atomic mass is 10.1. The standard InChI is InChI=1S/C13H17BrN2O3/c1-3-19-13(18)16(9-8-14)15-12(17)11-6-4-10(2)5-7-11/h4-7H,3,8-9H2,1-2H3,(H,15,17). The zero-order chi connectivity index (χ0) is 14.3. The molecule has 0 aliphatic heterocycles. The van der Waals surface area contributed by atoms with Crippen molar-refractivity contribution in [3.63, 3.8) is 0 Å². The average Bonchev–Trinajstić information content (AvgIpc) is 2.39. The molecule has 0 spiro atoms. The van der Waals surface area contributed by atoms with E-state index in [2.05, 4.69) is 21.4 Å². The molecule has 0 aromatic heterocycles. The molecule has 1 aromatic rings. The summed E-state index contributed by atoms with van der Waals surface area (Å²) in [5.41, 5.74) is 4.09. The van der Waals surface area contributed by atoms with Crippen LogP contribution < -0.4 is 5.43 Å². The van der Waals surface area contributed by atoms with E-state index in [4.69, 9.17) is 4.74 Å². The maximum Gasteiger partial charge on any atom is 0.428 e. The van der Waals surface area contributed by atoms with E-state index in [9.17, 15) is 9.59 Å². The van der Waals surface area contributed by atoms with Crippen LogP contribution in [-0.4, -0.2) is 35.5 Å². The minimum Gasteiger partial charge on any atom is -0.448 e. The normalized spacial score (nSPS) is 9.84. The molecule has 1 N–H and O–H groups in total. The first kappa shape index (κ1) is 15.5. The summed E-state index contributed by atoms with van der Waals surface area (Å²) in [6, 6.07) is 7.10. The number of rotatable bonds is 4. The largest absolute Gasteiger partial charge is 0.448 e. The van der Waals surface area contributed by atoms with Gasteiger partial charge in [0.25, 0.3) is 5.91 Å². The molecule has 104 valence electrons. The number of nitrogens with one attached hydrogen (secondary N) is 1. The van der Waals surface area contributed by atoms with E-state index >= 15 is 0 Å². The molecule has 19 heavy (non-hydrogen) atoms. The summed E-state index contributed by atoms with van der Waals surface area (Å²) in [6.45, 7) is 4.25. The van der Waals surface area contributed by atoms with Crippen molar-refractivity contribution in [3.05, 3.63) is 35.4 Å². The smallest absolute Gasteiger partial charge is 0.428 e. The van der Waals surface area contributed by atoms with Crippen molar-refractivity contribution in [2.45, 2.75) is 13.8 Å². The third-order valence-electron chi connectivity index (χ3n) is 2.35. The summed E-state index contributed by atoms with van der Waals surface area (Å²) in [5, 5.41) is 1.69. The molecule has 0 unspecified atom stereocenters. The summed E-state index contributed by atoms with van der Waals surface area (Å²) in [6.07, 6.45) is -0.567. The van der Waals surface area contributed by atoms with E-state index in [-0.39, 0.29) is 12.5 Å². The number of carbonyl (C=O) groups is 2. The molecule has 0 atom stereocenters. The van der Waals surface area contributed by atoms with Crippen molar-refractivity contribution in [1.29, 1.82) is 0 Å². The van der Waals surface area contributed by atoms with E-state index in [1.165, 1.54) is 0 Å². The van der Waals surface area contributed by atoms with Crippen molar-refractivity contribution in [2.75, 3.05) is 18.5 Å². The van der Waals surface area contributed by atoms with Crippen molar-refractivity contribution < 1.29 is 14.3 Å². The summed E-state index contributed by atoms with van der Waals surface area (Å²) in [4.78, 5) is 23.6. The van der Waals surface area contributed by atoms with Crippen LogP contribution in [0.3, 0.4) is 0 Å². The van der Waals surface area contributed by atoms with Crippen LogP contribution in [0.25, 0.3) is 0 Å². The van der Waals surface area contributed by atoms with Crippen molar-refractivity contribution in [2.24, 2.45) is 0 Å². The van der Waals surface area contributed by atoms with Crippen molar-refractivity contribution in [3.8, 4) is 0 Å². The first-order valence-corrected chi connectivity index (χ1v) is 7.08. The van der Waals surface area contributed by atoms with Gasteiger partial charge in [-0.2, -0.15) is 0 Å². The van der Waals surface area contributed by atoms with Gasteiger partial charge in [-0.3, -0.25) is 10.2 Å². The lowest BCUT2D eigenvalue weighted by Gasteiger charge is -2.21. The Kier molecular flexibility index (Phi) is 6.35. The van der Waals surface area contributed by atoms with Crippen LogP contribution in [0, 0.1) is 6.92 Å². The highest BCUT2D eigenvalue weighted by Crippen LogP contribution is 2.04. The number of alkyl halides is 1. The number of nitrogens with zero attached hydrogens (tertiary/aromatic N) is 1. The van der Waals surface area contributed by atoms with Gasteiger partial charge in [-0.1, -0.05) is 33.6 Å². The Morgan fingerprint density at radius 2 is 1.95 bits per heavy atom. The van der Waals surface area contributed by atoms with Gasteiger partial charge in [-0.25, -0.2) is 9.80 Å². The lowest BCUT2D eigenvalue weighted by Crippen LogP contribution is -2.47.